The summed E-state index contributed by atoms with van der Waals surface area (Å²) < 4.78 is 14.4. The summed E-state index contributed by atoms with van der Waals surface area (Å²) in [6.07, 6.45) is 0.507. The van der Waals surface area contributed by atoms with E-state index in [1.54, 1.807) is 0 Å². The Bertz CT molecular complexity index is 1090. The zero-order chi connectivity index (χ0) is 20.8. The van der Waals surface area contributed by atoms with Crippen LogP contribution in [0.2, 0.25) is 0 Å². The van der Waals surface area contributed by atoms with Crippen molar-refractivity contribution in [2.75, 3.05) is 5.32 Å². The SMILES string of the molecule is Cc1ccc(NCc2ccccc2CP(=O)(c2ccccc2)c2ccccc2)cc1. The molecule has 0 amide bonds. The second kappa shape index (κ2) is 9.15. The van der Waals surface area contributed by atoms with Crippen molar-refractivity contribution in [1.29, 1.82) is 0 Å². The van der Waals surface area contributed by atoms with Crippen LogP contribution < -0.4 is 15.9 Å². The van der Waals surface area contributed by atoms with Crippen LogP contribution in [0.15, 0.2) is 109 Å². The average molecular weight is 411 g/mol. The Morgan fingerprint density at radius 3 is 1.70 bits per heavy atom. The minimum atomic E-state index is -2.80. The first kappa shape index (κ1) is 20.2. The Balaban J connectivity index is 1.66. The predicted molar refractivity (Wildman–Crippen MR) is 128 cm³/mol. The number of benzene rings is 4. The summed E-state index contributed by atoms with van der Waals surface area (Å²) in [5.74, 6) is 0. The van der Waals surface area contributed by atoms with Crippen molar-refractivity contribution < 1.29 is 4.57 Å². The molecule has 150 valence electrons. The number of anilines is 1. The van der Waals surface area contributed by atoms with Crippen molar-refractivity contribution in [2.45, 2.75) is 19.6 Å². The summed E-state index contributed by atoms with van der Waals surface area (Å²) in [5.41, 5.74) is 4.62. The zero-order valence-electron chi connectivity index (χ0n) is 17.2. The molecule has 3 heteroatoms. The Hall–Kier alpha value is -3.09. The molecule has 30 heavy (non-hydrogen) atoms. The van der Waals surface area contributed by atoms with Crippen molar-refractivity contribution in [3.8, 4) is 0 Å². The molecular weight excluding hydrogens is 385 g/mol. The Morgan fingerprint density at radius 2 is 1.13 bits per heavy atom. The van der Waals surface area contributed by atoms with E-state index in [1.807, 2.05) is 72.8 Å². The number of hydrogen-bond acceptors (Lipinski definition) is 2. The van der Waals surface area contributed by atoms with Gasteiger partial charge in [-0.25, -0.2) is 0 Å². The minimum absolute atomic E-state index is 0.507. The normalized spacial score (nSPS) is 11.2. The summed E-state index contributed by atoms with van der Waals surface area (Å²) in [6, 6.07) is 36.5. The highest BCUT2D eigenvalue weighted by Gasteiger charge is 2.28. The molecule has 4 aromatic rings. The first-order valence-corrected chi connectivity index (χ1v) is 12.1. The lowest BCUT2D eigenvalue weighted by atomic mass is 10.1. The highest BCUT2D eigenvalue weighted by molar-refractivity contribution is 7.78. The fourth-order valence-electron chi connectivity index (χ4n) is 3.66. The van der Waals surface area contributed by atoms with Crippen LogP contribution in [0.5, 0.6) is 0 Å². The summed E-state index contributed by atoms with van der Waals surface area (Å²) in [6.45, 7) is 2.78. The van der Waals surface area contributed by atoms with E-state index >= 15 is 0 Å². The molecule has 2 nitrogen and oxygen atoms in total. The van der Waals surface area contributed by atoms with E-state index in [4.69, 9.17) is 0 Å². The van der Waals surface area contributed by atoms with Gasteiger partial charge in [0, 0.05) is 29.0 Å². The Kier molecular flexibility index (Phi) is 6.16. The van der Waals surface area contributed by atoms with Gasteiger partial charge in [-0.3, -0.25) is 0 Å². The van der Waals surface area contributed by atoms with E-state index in [-0.39, 0.29) is 0 Å². The predicted octanol–water partition coefficient (Wildman–Crippen LogP) is 6.12. The third kappa shape index (κ3) is 4.56. The summed E-state index contributed by atoms with van der Waals surface area (Å²) in [5, 5.41) is 5.31. The molecule has 0 unspecified atom stereocenters. The molecule has 0 fully saturated rings. The van der Waals surface area contributed by atoms with Crippen LogP contribution in [0.1, 0.15) is 16.7 Å². The van der Waals surface area contributed by atoms with Crippen LogP contribution in [0, 0.1) is 6.92 Å². The third-order valence-corrected chi connectivity index (χ3v) is 8.44. The van der Waals surface area contributed by atoms with Gasteiger partial charge >= 0.3 is 0 Å². The van der Waals surface area contributed by atoms with Crippen LogP contribution in [-0.4, -0.2) is 0 Å². The molecule has 0 saturated heterocycles. The topological polar surface area (TPSA) is 29.1 Å². The van der Waals surface area contributed by atoms with Gasteiger partial charge in [0.05, 0.1) is 0 Å². The minimum Gasteiger partial charge on any atom is -0.381 e. The van der Waals surface area contributed by atoms with Crippen LogP contribution in [0.25, 0.3) is 0 Å². The molecule has 0 heterocycles. The van der Waals surface area contributed by atoms with E-state index in [0.29, 0.717) is 12.7 Å². The quantitative estimate of drug-likeness (QED) is 0.371. The van der Waals surface area contributed by atoms with Crippen molar-refractivity contribution in [1.82, 2.24) is 0 Å². The lowest BCUT2D eigenvalue weighted by molar-refractivity contribution is 0.586. The highest BCUT2D eigenvalue weighted by atomic mass is 31.2. The Labute approximate surface area is 179 Å². The summed E-state index contributed by atoms with van der Waals surface area (Å²) in [4.78, 5) is 0. The van der Waals surface area contributed by atoms with Gasteiger partial charge in [-0.2, -0.15) is 0 Å². The molecule has 1 N–H and O–H groups in total. The van der Waals surface area contributed by atoms with Gasteiger partial charge in [0.15, 0.2) is 0 Å². The number of nitrogens with one attached hydrogen (secondary N) is 1. The standard InChI is InChI=1S/C27H26NOP/c1-22-16-18-25(19-17-22)28-20-23-10-8-9-11-24(23)21-30(29,26-12-4-2-5-13-26)27-14-6-3-7-15-27/h2-19,28H,20-21H2,1H3. The maximum Gasteiger partial charge on any atom is 0.147 e. The van der Waals surface area contributed by atoms with Gasteiger partial charge in [0.1, 0.15) is 7.14 Å². The second-order valence-corrected chi connectivity index (χ2v) is 10.4. The molecule has 0 aliphatic heterocycles. The van der Waals surface area contributed by atoms with Gasteiger partial charge in [0.2, 0.25) is 0 Å². The number of aryl methyl sites for hydroxylation is 1. The van der Waals surface area contributed by atoms with Crippen LogP contribution >= 0.6 is 7.14 Å². The molecular formula is C27H26NOP. The van der Waals surface area contributed by atoms with Crippen molar-refractivity contribution in [2.24, 2.45) is 0 Å². The molecule has 0 aliphatic carbocycles. The van der Waals surface area contributed by atoms with Crippen LogP contribution in [0.4, 0.5) is 5.69 Å². The van der Waals surface area contributed by atoms with E-state index in [9.17, 15) is 4.57 Å². The van der Waals surface area contributed by atoms with Crippen LogP contribution in [0.3, 0.4) is 0 Å². The van der Waals surface area contributed by atoms with Crippen molar-refractivity contribution >= 4 is 23.4 Å². The third-order valence-electron chi connectivity index (χ3n) is 5.39. The van der Waals surface area contributed by atoms with E-state index < -0.39 is 7.14 Å². The molecule has 0 atom stereocenters. The summed E-state index contributed by atoms with van der Waals surface area (Å²) in [7, 11) is -2.80. The molecule has 4 aromatic carbocycles. The largest absolute Gasteiger partial charge is 0.381 e. The highest BCUT2D eigenvalue weighted by Crippen LogP contribution is 2.47. The van der Waals surface area contributed by atoms with Gasteiger partial charge in [0.25, 0.3) is 0 Å². The number of rotatable bonds is 7. The van der Waals surface area contributed by atoms with Crippen LogP contribution in [-0.2, 0) is 17.3 Å². The smallest absolute Gasteiger partial charge is 0.147 e. The van der Waals surface area contributed by atoms with E-state index in [2.05, 4.69) is 48.6 Å². The fraction of sp³-hybridized carbons (Fsp3) is 0.111. The Morgan fingerprint density at radius 1 is 0.633 bits per heavy atom. The maximum atomic E-state index is 14.4. The average Bonchev–Trinajstić information content (AvgIpc) is 2.80. The molecule has 0 aliphatic rings. The second-order valence-electron chi connectivity index (χ2n) is 7.56. The molecule has 0 saturated carbocycles. The zero-order valence-corrected chi connectivity index (χ0v) is 18.1. The maximum absolute atomic E-state index is 14.4. The van der Waals surface area contributed by atoms with Crippen molar-refractivity contribution in [3.63, 3.8) is 0 Å². The fourth-order valence-corrected chi connectivity index (χ4v) is 6.42. The van der Waals surface area contributed by atoms with Crippen molar-refractivity contribution in [3.05, 3.63) is 126 Å². The lowest BCUT2D eigenvalue weighted by Gasteiger charge is -2.21. The molecule has 0 bridgehead atoms. The van der Waals surface area contributed by atoms with Gasteiger partial charge in [-0.1, -0.05) is 103 Å². The first-order valence-electron chi connectivity index (χ1n) is 10.2. The van der Waals surface area contributed by atoms with E-state index in [1.165, 1.54) is 11.1 Å². The lowest BCUT2D eigenvalue weighted by Crippen LogP contribution is -2.18. The first-order chi connectivity index (χ1) is 14.6. The van der Waals surface area contributed by atoms with Gasteiger partial charge in [-0.05, 0) is 30.2 Å². The number of hydrogen-bond donors (Lipinski definition) is 1. The van der Waals surface area contributed by atoms with E-state index in [0.717, 1.165) is 21.9 Å². The molecule has 0 spiro atoms. The molecule has 0 aromatic heterocycles. The molecule has 4 rings (SSSR count). The molecule has 0 radical (unpaired) electrons. The van der Waals surface area contributed by atoms with Gasteiger partial charge < -0.3 is 9.88 Å². The monoisotopic (exact) mass is 411 g/mol. The summed E-state index contributed by atoms with van der Waals surface area (Å²) >= 11 is 0. The van der Waals surface area contributed by atoms with Gasteiger partial charge in [-0.15, -0.1) is 0 Å².